The molecule has 0 radical (unpaired) electrons. The number of carbonyl (C=O) groups excluding carboxylic acids is 1. The molecule has 3 aliphatic rings. The van der Waals surface area contributed by atoms with Crippen LogP contribution in [-0.2, 0) is 25.6 Å². The fraction of sp³-hybridized carbons (Fsp3) is 0.424. The molecule has 4 atom stereocenters. The van der Waals surface area contributed by atoms with Crippen LogP contribution in [-0.4, -0.2) is 60.7 Å². The summed E-state index contributed by atoms with van der Waals surface area (Å²) in [6.45, 7) is 6.11. The Bertz CT molecular complexity index is 1280. The van der Waals surface area contributed by atoms with Gasteiger partial charge in [-0.1, -0.05) is 61.5 Å². The molecular formula is C33H38N2O6. The number of amides is 1. The number of likely N-dealkylation sites (tertiary alicyclic amines) is 1. The predicted molar refractivity (Wildman–Crippen MR) is 154 cm³/mol. The van der Waals surface area contributed by atoms with E-state index in [1.165, 1.54) is 0 Å². The van der Waals surface area contributed by atoms with Crippen LogP contribution < -0.4 is 5.32 Å². The molecule has 1 amide bonds. The van der Waals surface area contributed by atoms with Crippen molar-refractivity contribution < 1.29 is 28.8 Å². The molecule has 41 heavy (non-hydrogen) atoms. The Labute approximate surface area is 241 Å². The normalized spacial score (nSPS) is 26.2. The highest BCUT2D eigenvalue weighted by Gasteiger charge is 2.43. The first-order valence-electron chi connectivity index (χ1n) is 14.5. The lowest BCUT2D eigenvalue weighted by Crippen LogP contribution is -2.50. The topological polar surface area (TPSA) is 89.5 Å². The molecule has 3 fully saturated rings. The Hall–Kier alpha value is -3.11. The first-order valence-corrected chi connectivity index (χ1v) is 14.5. The van der Waals surface area contributed by atoms with E-state index in [-0.39, 0.29) is 30.6 Å². The molecule has 0 aromatic heterocycles. The van der Waals surface area contributed by atoms with Crippen LogP contribution >= 0.6 is 0 Å². The highest BCUT2D eigenvalue weighted by Crippen LogP contribution is 2.42. The lowest BCUT2D eigenvalue weighted by Gasteiger charge is -2.44. The highest BCUT2D eigenvalue weighted by molar-refractivity contribution is 6.04. The second-order valence-electron chi connectivity index (χ2n) is 11.2. The Morgan fingerprint density at radius 2 is 1.56 bits per heavy atom. The van der Waals surface area contributed by atoms with Crippen molar-refractivity contribution >= 4 is 11.6 Å². The number of carbonyl (C=O) groups is 1. The molecule has 3 aromatic rings. The van der Waals surface area contributed by atoms with Gasteiger partial charge in [-0.3, -0.25) is 4.79 Å². The fourth-order valence-corrected chi connectivity index (χ4v) is 5.96. The zero-order valence-corrected chi connectivity index (χ0v) is 23.4. The number of anilines is 1. The lowest BCUT2D eigenvalue weighted by atomic mass is 9.89. The predicted octanol–water partition coefficient (Wildman–Crippen LogP) is 5.06. The Kier molecular flexibility index (Phi) is 8.48. The third-order valence-corrected chi connectivity index (χ3v) is 8.47. The summed E-state index contributed by atoms with van der Waals surface area (Å²) in [7, 11) is 0. The number of benzene rings is 3. The first-order chi connectivity index (χ1) is 20.0. The quantitative estimate of drug-likeness (QED) is 0.419. The zero-order chi connectivity index (χ0) is 28.2. The number of nitrogens with one attached hydrogen (secondary N) is 1. The van der Waals surface area contributed by atoms with E-state index in [0.29, 0.717) is 24.5 Å². The van der Waals surface area contributed by atoms with E-state index >= 15 is 0 Å². The summed E-state index contributed by atoms with van der Waals surface area (Å²) in [5.41, 5.74) is 4.13. The van der Waals surface area contributed by atoms with E-state index in [2.05, 4.69) is 17.1 Å². The molecule has 0 bridgehead atoms. The third kappa shape index (κ3) is 6.38. The lowest BCUT2D eigenvalue weighted by molar-refractivity contribution is -0.278. The van der Waals surface area contributed by atoms with Gasteiger partial charge >= 0.3 is 0 Å². The molecule has 8 heteroatoms. The van der Waals surface area contributed by atoms with E-state index in [4.69, 9.17) is 18.9 Å². The van der Waals surface area contributed by atoms with Crippen molar-refractivity contribution in [1.29, 1.82) is 0 Å². The van der Waals surface area contributed by atoms with Crippen LogP contribution in [0.1, 0.15) is 59.2 Å². The van der Waals surface area contributed by atoms with Crippen LogP contribution in [0.15, 0.2) is 78.9 Å². The Balaban J connectivity index is 1.18. The third-order valence-electron chi connectivity index (χ3n) is 8.47. The number of piperidine rings is 1. The fourth-order valence-electron chi connectivity index (χ4n) is 5.96. The number of hydrogen-bond donors (Lipinski definition) is 2. The van der Waals surface area contributed by atoms with Gasteiger partial charge in [0, 0.05) is 55.2 Å². The van der Waals surface area contributed by atoms with Gasteiger partial charge in [-0.2, -0.15) is 0 Å². The largest absolute Gasteiger partial charge is 0.392 e. The van der Waals surface area contributed by atoms with Crippen molar-refractivity contribution in [3.8, 4) is 0 Å². The number of rotatable bonds is 7. The van der Waals surface area contributed by atoms with Crippen molar-refractivity contribution in [3.05, 3.63) is 101 Å². The molecule has 1 spiro atoms. The van der Waals surface area contributed by atoms with E-state index in [1.54, 1.807) is 12.1 Å². The average molecular weight is 559 g/mol. The van der Waals surface area contributed by atoms with E-state index < -0.39 is 12.1 Å². The van der Waals surface area contributed by atoms with Crippen molar-refractivity contribution in [2.45, 2.75) is 50.7 Å². The van der Waals surface area contributed by atoms with Crippen LogP contribution in [0.4, 0.5) is 5.69 Å². The SMILES string of the molecule is C[C@@H]1[C@H](CN2CCC3(CC2)OCCO3)O[C@H](c2ccc(NC(=O)c3ccccc3)cc2)O[C@@H]1c1ccc(CO)cc1. The van der Waals surface area contributed by atoms with Gasteiger partial charge in [-0.05, 0) is 35.4 Å². The zero-order valence-electron chi connectivity index (χ0n) is 23.4. The number of aliphatic hydroxyl groups excluding tert-OH is 1. The number of hydrogen-bond acceptors (Lipinski definition) is 7. The van der Waals surface area contributed by atoms with Gasteiger partial charge in [-0.25, -0.2) is 0 Å². The Morgan fingerprint density at radius 3 is 2.22 bits per heavy atom. The molecule has 0 unspecified atom stereocenters. The van der Waals surface area contributed by atoms with Crippen LogP contribution in [0.2, 0.25) is 0 Å². The minimum Gasteiger partial charge on any atom is -0.392 e. The van der Waals surface area contributed by atoms with Crippen molar-refractivity contribution in [1.82, 2.24) is 4.90 Å². The maximum absolute atomic E-state index is 12.6. The molecule has 3 aliphatic heterocycles. The smallest absolute Gasteiger partial charge is 0.255 e. The summed E-state index contributed by atoms with van der Waals surface area (Å²) in [4.78, 5) is 15.0. The summed E-state index contributed by atoms with van der Waals surface area (Å²) in [6.07, 6.45) is 0.914. The standard InChI is InChI=1S/C33H38N2O6/c1-23-29(21-35-17-15-33(16-18-35)38-19-20-39-33)40-32(41-30(23)25-9-7-24(22-36)8-10-25)27-11-13-28(14-12-27)34-31(37)26-5-3-2-4-6-26/h2-14,23,29-30,32,36H,15-22H2,1H3,(H,34,37)/t23-,29+,30+,32+/m1/s1. The van der Waals surface area contributed by atoms with Crippen molar-refractivity contribution in [2.75, 3.05) is 38.2 Å². The van der Waals surface area contributed by atoms with Crippen molar-refractivity contribution in [2.24, 2.45) is 5.92 Å². The van der Waals surface area contributed by atoms with Crippen LogP contribution in [0.25, 0.3) is 0 Å². The second kappa shape index (κ2) is 12.4. The van der Waals surface area contributed by atoms with Gasteiger partial charge in [0.05, 0.1) is 32.0 Å². The van der Waals surface area contributed by atoms with Gasteiger partial charge in [-0.15, -0.1) is 0 Å². The van der Waals surface area contributed by atoms with Gasteiger partial charge in [0.1, 0.15) is 0 Å². The maximum Gasteiger partial charge on any atom is 0.255 e. The minimum atomic E-state index is -0.560. The monoisotopic (exact) mass is 558 g/mol. The summed E-state index contributed by atoms with van der Waals surface area (Å²) in [5, 5.41) is 12.5. The second-order valence-corrected chi connectivity index (χ2v) is 11.2. The molecule has 8 nitrogen and oxygen atoms in total. The highest BCUT2D eigenvalue weighted by atomic mass is 16.7. The maximum atomic E-state index is 12.6. The van der Waals surface area contributed by atoms with Crippen LogP contribution in [0, 0.1) is 5.92 Å². The average Bonchev–Trinajstić information content (AvgIpc) is 3.48. The molecule has 0 saturated carbocycles. The summed E-state index contributed by atoms with van der Waals surface area (Å²) < 4.78 is 25.1. The molecule has 6 rings (SSSR count). The first kappa shape index (κ1) is 28.0. The summed E-state index contributed by atoms with van der Waals surface area (Å²) in [6, 6.07) is 24.8. The van der Waals surface area contributed by atoms with Gasteiger partial charge < -0.3 is 34.3 Å². The van der Waals surface area contributed by atoms with Crippen molar-refractivity contribution in [3.63, 3.8) is 0 Å². The molecular weight excluding hydrogens is 520 g/mol. The van der Waals surface area contributed by atoms with Crippen LogP contribution in [0.3, 0.4) is 0 Å². The number of aliphatic hydroxyl groups is 1. The van der Waals surface area contributed by atoms with Crippen LogP contribution in [0.5, 0.6) is 0 Å². The molecule has 216 valence electrons. The molecule has 0 aliphatic carbocycles. The van der Waals surface area contributed by atoms with E-state index in [9.17, 15) is 9.90 Å². The van der Waals surface area contributed by atoms with E-state index in [1.807, 2.05) is 66.7 Å². The van der Waals surface area contributed by atoms with Gasteiger partial charge in [0.2, 0.25) is 0 Å². The minimum absolute atomic E-state index is 0.00670. The Morgan fingerprint density at radius 1 is 0.902 bits per heavy atom. The molecule has 3 aromatic carbocycles. The van der Waals surface area contributed by atoms with Gasteiger partial charge in [0.25, 0.3) is 5.91 Å². The molecule has 2 N–H and O–H groups in total. The van der Waals surface area contributed by atoms with E-state index in [0.717, 1.165) is 49.2 Å². The van der Waals surface area contributed by atoms with Gasteiger partial charge in [0.15, 0.2) is 12.1 Å². The molecule has 3 saturated heterocycles. The number of nitrogens with zero attached hydrogens (tertiary/aromatic N) is 1. The number of ether oxygens (including phenoxy) is 4. The molecule has 3 heterocycles. The summed E-state index contributed by atoms with van der Waals surface area (Å²) >= 11 is 0. The summed E-state index contributed by atoms with van der Waals surface area (Å²) in [5.74, 6) is -0.457.